The number of amides is 2. The molecule has 30 heavy (non-hydrogen) atoms. The largest absolute Gasteiger partial charge is 0.438 e. The second-order valence-electron chi connectivity index (χ2n) is 6.41. The lowest BCUT2D eigenvalue weighted by molar-refractivity contribution is -0.115. The third-order valence-corrected chi connectivity index (χ3v) is 4.58. The molecule has 0 radical (unpaired) electrons. The highest BCUT2D eigenvalue weighted by Crippen LogP contribution is 2.24. The number of aromatic nitrogens is 3. The van der Waals surface area contributed by atoms with Crippen LogP contribution in [0.2, 0.25) is 5.02 Å². The van der Waals surface area contributed by atoms with Gasteiger partial charge < -0.3 is 15.5 Å². The van der Waals surface area contributed by atoms with Crippen molar-refractivity contribution in [1.29, 1.82) is 0 Å². The normalized spacial score (nSPS) is 10.7. The molecule has 0 spiro atoms. The van der Waals surface area contributed by atoms with E-state index < -0.39 is 5.91 Å². The van der Waals surface area contributed by atoms with Crippen molar-refractivity contribution < 1.29 is 14.3 Å². The zero-order valence-corrected chi connectivity index (χ0v) is 16.3. The highest BCUT2D eigenvalue weighted by atomic mass is 35.5. The summed E-state index contributed by atoms with van der Waals surface area (Å²) >= 11 is 6.11. The van der Waals surface area contributed by atoms with E-state index in [-0.39, 0.29) is 23.8 Å². The number of halogens is 1. The summed E-state index contributed by atoms with van der Waals surface area (Å²) in [6.45, 7) is 0. The highest BCUT2D eigenvalue weighted by molar-refractivity contribution is 6.35. The van der Waals surface area contributed by atoms with Crippen LogP contribution in [0.25, 0.3) is 11.0 Å². The van der Waals surface area contributed by atoms with Crippen LogP contribution in [0, 0.1) is 0 Å². The van der Waals surface area contributed by atoms with Gasteiger partial charge in [0.25, 0.3) is 5.91 Å². The van der Waals surface area contributed by atoms with E-state index in [9.17, 15) is 9.59 Å². The number of benzene rings is 2. The maximum absolute atomic E-state index is 12.3. The number of anilines is 1. The first-order valence-electron chi connectivity index (χ1n) is 8.95. The van der Waals surface area contributed by atoms with E-state index in [1.807, 2.05) is 0 Å². The lowest BCUT2D eigenvalue weighted by atomic mass is 10.1. The molecule has 0 aliphatic rings. The van der Waals surface area contributed by atoms with Crippen LogP contribution in [0.15, 0.2) is 60.8 Å². The molecule has 0 unspecified atom stereocenters. The van der Waals surface area contributed by atoms with Crippen molar-refractivity contribution in [3.05, 3.63) is 76.9 Å². The predicted molar refractivity (Wildman–Crippen MR) is 113 cm³/mol. The van der Waals surface area contributed by atoms with Gasteiger partial charge in [-0.15, -0.1) is 0 Å². The summed E-state index contributed by atoms with van der Waals surface area (Å²) in [5, 5.41) is 3.26. The summed E-state index contributed by atoms with van der Waals surface area (Å²) in [4.78, 5) is 35.1. The van der Waals surface area contributed by atoms with Crippen LogP contribution in [-0.4, -0.2) is 26.8 Å². The number of primary amides is 1. The van der Waals surface area contributed by atoms with Gasteiger partial charge in [0.2, 0.25) is 17.7 Å². The van der Waals surface area contributed by atoms with Crippen LogP contribution in [0.5, 0.6) is 11.6 Å². The fraction of sp³-hybridized carbons (Fsp3) is 0.0476. The molecule has 4 N–H and O–H groups in total. The standard InChI is InChI=1S/C21H16ClN5O3/c22-15-4-1-5-16-18(15)27-21(25-16)26-17(28)11-12-6-8-13(9-7-12)30-20-14(19(23)29)3-2-10-24-20/h1-10H,11H2,(H2,23,29)(H2,25,26,27,28). The van der Waals surface area contributed by atoms with Gasteiger partial charge in [0.1, 0.15) is 11.3 Å². The topological polar surface area (TPSA) is 123 Å². The first-order chi connectivity index (χ1) is 14.5. The Hall–Kier alpha value is -3.91. The van der Waals surface area contributed by atoms with E-state index in [0.29, 0.717) is 27.8 Å². The number of hydrogen-bond donors (Lipinski definition) is 3. The number of fused-ring (bicyclic) bond motifs is 1. The monoisotopic (exact) mass is 421 g/mol. The summed E-state index contributed by atoms with van der Waals surface area (Å²) in [7, 11) is 0. The van der Waals surface area contributed by atoms with Crippen LogP contribution in [0.4, 0.5) is 5.95 Å². The van der Waals surface area contributed by atoms with Crippen molar-refractivity contribution >= 4 is 40.4 Å². The van der Waals surface area contributed by atoms with Gasteiger partial charge in [-0.25, -0.2) is 9.97 Å². The minimum Gasteiger partial charge on any atom is -0.438 e. The first-order valence-corrected chi connectivity index (χ1v) is 9.33. The van der Waals surface area contributed by atoms with Crippen molar-refractivity contribution in [2.45, 2.75) is 6.42 Å². The minimum atomic E-state index is -0.627. The van der Waals surface area contributed by atoms with Gasteiger partial charge in [-0.05, 0) is 42.0 Å². The first kappa shape index (κ1) is 19.4. The molecule has 2 aromatic heterocycles. The fourth-order valence-electron chi connectivity index (χ4n) is 2.86. The number of carbonyl (C=O) groups excluding carboxylic acids is 2. The van der Waals surface area contributed by atoms with Gasteiger partial charge >= 0.3 is 0 Å². The van der Waals surface area contributed by atoms with Gasteiger partial charge in [-0.1, -0.05) is 29.8 Å². The van der Waals surface area contributed by atoms with E-state index in [1.165, 1.54) is 12.3 Å². The lowest BCUT2D eigenvalue weighted by Gasteiger charge is -2.08. The van der Waals surface area contributed by atoms with E-state index in [4.69, 9.17) is 22.1 Å². The number of H-pyrrole nitrogens is 1. The molecule has 2 heterocycles. The number of nitrogens with one attached hydrogen (secondary N) is 2. The van der Waals surface area contributed by atoms with Gasteiger partial charge in [-0.2, -0.15) is 0 Å². The van der Waals surface area contributed by atoms with Gasteiger partial charge in [0.15, 0.2) is 0 Å². The van der Waals surface area contributed by atoms with Crippen LogP contribution in [0.1, 0.15) is 15.9 Å². The molecule has 4 aromatic rings. The third kappa shape index (κ3) is 4.23. The van der Waals surface area contributed by atoms with Crippen molar-refractivity contribution in [1.82, 2.24) is 15.0 Å². The Morgan fingerprint density at radius 3 is 2.63 bits per heavy atom. The molecular weight excluding hydrogens is 406 g/mol. The second-order valence-corrected chi connectivity index (χ2v) is 6.82. The van der Waals surface area contributed by atoms with Crippen LogP contribution in [0.3, 0.4) is 0 Å². The summed E-state index contributed by atoms with van der Waals surface area (Å²) in [5.41, 5.74) is 7.62. The Bertz CT molecular complexity index is 1240. The van der Waals surface area contributed by atoms with E-state index in [0.717, 1.165) is 5.56 Å². The molecule has 0 bridgehead atoms. The Morgan fingerprint density at radius 1 is 1.10 bits per heavy atom. The maximum atomic E-state index is 12.3. The average molecular weight is 422 g/mol. The number of nitrogens with two attached hydrogens (primary N) is 1. The maximum Gasteiger partial charge on any atom is 0.254 e. The summed E-state index contributed by atoms with van der Waals surface area (Å²) < 4.78 is 5.63. The summed E-state index contributed by atoms with van der Waals surface area (Å²) in [6, 6.07) is 15.3. The van der Waals surface area contributed by atoms with Gasteiger partial charge in [0, 0.05) is 6.20 Å². The molecule has 0 saturated carbocycles. The number of imidazole rings is 1. The second kappa shape index (κ2) is 8.22. The fourth-order valence-corrected chi connectivity index (χ4v) is 3.08. The van der Waals surface area contributed by atoms with Gasteiger partial charge in [-0.3, -0.25) is 14.9 Å². The molecule has 150 valence electrons. The Balaban J connectivity index is 1.41. The molecule has 2 aromatic carbocycles. The van der Waals surface area contributed by atoms with E-state index in [1.54, 1.807) is 48.5 Å². The van der Waals surface area contributed by atoms with Crippen molar-refractivity contribution in [3.63, 3.8) is 0 Å². The minimum absolute atomic E-state index is 0.124. The molecule has 0 fully saturated rings. The van der Waals surface area contributed by atoms with Crippen molar-refractivity contribution in [2.24, 2.45) is 5.73 Å². The number of para-hydroxylation sites is 1. The predicted octanol–water partition coefficient (Wildman–Crippen LogP) is 3.68. The highest BCUT2D eigenvalue weighted by Gasteiger charge is 2.12. The smallest absolute Gasteiger partial charge is 0.254 e. The Kier molecular flexibility index (Phi) is 5.32. The van der Waals surface area contributed by atoms with Crippen molar-refractivity contribution in [3.8, 4) is 11.6 Å². The van der Waals surface area contributed by atoms with Gasteiger partial charge in [0.05, 0.1) is 22.5 Å². The zero-order chi connectivity index (χ0) is 21.1. The number of pyridine rings is 1. The zero-order valence-electron chi connectivity index (χ0n) is 15.6. The molecule has 9 heteroatoms. The number of aromatic amines is 1. The van der Waals surface area contributed by atoms with Crippen molar-refractivity contribution in [2.75, 3.05) is 5.32 Å². The molecule has 8 nitrogen and oxygen atoms in total. The number of rotatable bonds is 6. The summed E-state index contributed by atoms with van der Waals surface area (Å²) in [6.07, 6.45) is 1.65. The number of hydrogen-bond acceptors (Lipinski definition) is 5. The van der Waals surface area contributed by atoms with E-state index >= 15 is 0 Å². The van der Waals surface area contributed by atoms with Crippen LogP contribution < -0.4 is 15.8 Å². The number of ether oxygens (including phenoxy) is 1. The average Bonchev–Trinajstić information content (AvgIpc) is 3.13. The number of carbonyl (C=O) groups is 2. The van der Waals surface area contributed by atoms with Crippen LogP contribution in [-0.2, 0) is 11.2 Å². The molecule has 4 rings (SSSR count). The Morgan fingerprint density at radius 2 is 1.90 bits per heavy atom. The quantitative estimate of drug-likeness (QED) is 0.438. The molecule has 2 amide bonds. The summed E-state index contributed by atoms with van der Waals surface area (Å²) in [5.74, 6) is 0.0568. The molecular formula is C21H16ClN5O3. The van der Waals surface area contributed by atoms with E-state index in [2.05, 4.69) is 20.3 Å². The molecule has 0 saturated heterocycles. The Labute approximate surface area is 176 Å². The molecule has 0 aliphatic carbocycles. The lowest BCUT2D eigenvalue weighted by Crippen LogP contribution is -2.15. The number of nitrogens with zero attached hydrogens (tertiary/aromatic N) is 2. The molecule has 0 atom stereocenters. The molecule has 0 aliphatic heterocycles. The van der Waals surface area contributed by atoms with Crippen LogP contribution >= 0.6 is 11.6 Å². The third-order valence-electron chi connectivity index (χ3n) is 4.26. The SMILES string of the molecule is NC(=O)c1cccnc1Oc1ccc(CC(=O)Nc2nc3cccc(Cl)c3[nH]2)cc1.